The number of rotatable bonds is 6. The number of aliphatic hydroxyl groups excluding tert-OH is 1. The number of halogens is 1. The molecule has 0 aromatic heterocycles. The van der Waals surface area contributed by atoms with Gasteiger partial charge in [-0.15, -0.1) is 0 Å². The van der Waals surface area contributed by atoms with Gasteiger partial charge in [-0.2, -0.15) is 0 Å². The fourth-order valence-corrected chi connectivity index (χ4v) is 3.45. The molecule has 0 spiro atoms. The molecular formula is C17H26BrNO2. The van der Waals surface area contributed by atoms with Crippen molar-refractivity contribution in [3.05, 3.63) is 28.2 Å². The SMILES string of the molecule is Cc1ccc(NCC(O)COC2CCCCC2C)c(Br)c1. The van der Waals surface area contributed by atoms with Crippen LogP contribution in [0.3, 0.4) is 0 Å². The number of benzene rings is 1. The van der Waals surface area contributed by atoms with Crippen LogP contribution < -0.4 is 5.32 Å². The molecule has 1 aromatic carbocycles. The van der Waals surface area contributed by atoms with Gasteiger partial charge in [0.2, 0.25) is 0 Å². The molecule has 4 heteroatoms. The second kappa shape index (κ2) is 8.16. The number of anilines is 1. The molecule has 1 aromatic rings. The van der Waals surface area contributed by atoms with E-state index in [0.717, 1.165) is 16.6 Å². The van der Waals surface area contributed by atoms with Crippen molar-refractivity contribution in [3.8, 4) is 0 Å². The molecule has 2 rings (SSSR count). The van der Waals surface area contributed by atoms with Gasteiger partial charge in [-0.25, -0.2) is 0 Å². The third-order valence-corrected chi connectivity index (χ3v) is 4.84. The van der Waals surface area contributed by atoms with Crippen LogP contribution in [0.1, 0.15) is 38.2 Å². The zero-order chi connectivity index (χ0) is 15.2. The summed E-state index contributed by atoms with van der Waals surface area (Å²) in [5.41, 5.74) is 2.22. The Hall–Kier alpha value is -0.580. The predicted molar refractivity (Wildman–Crippen MR) is 90.7 cm³/mol. The first-order valence-corrected chi connectivity index (χ1v) is 8.65. The second-order valence-electron chi connectivity index (χ2n) is 6.15. The molecule has 3 nitrogen and oxygen atoms in total. The number of nitrogens with one attached hydrogen (secondary N) is 1. The van der Waals surface area contributed by atoms with Gasteiger partial charge in [0.15, 0.2) is 0 Å². The van der Waals surface area contributed by atoms with Crippen LogP contribution in [-0.2, 0) is 4.74 Å². The number of ether oxygens (including phenoxy) is 1. The maximum atomic E-state index is 10.1. The molecule has 0 aliphatic heterocycles. The minimum Gasteiger partial charge on any atom is -0.389 e. The third-order valence-electron chi connectivity index (χ3n) is 4.19. The minimum atomic E-state index is -0.479. The first-order valence-electron chi connectivity index (χ1n) is 7.86. The van der Waals surface area contributed by atoms with Gasteiger partial charge in [-0.1, -0.05) is 25.8 Å². The van der Waals surface area contributed by atoms with Crippen LogP contribution in [0.5, 0.6) is 0 Å². The van der Waals surface area contributed by atoms with Gasteiger partial charge in [-0.05, 0) is 59.3 Å². The number of hydrogen-bond acceptors (Lipinski definition) is 3. The van der Waals surface area contributed by atoms with E-state index in [9.17, 15) is 5.11 Å². The van der Waals surface area contributed by atoms with Crippen LogP contribution in [0.4, 0.5) is 5.69 Å². The monoisotopic (exact) mass is 355 g/mol. The molecule has 0 radical (unpaired) electrons. The topological polar surface area (TPSA) is 41.5 Å². The summed E-state index contributed by atoms with van der Waals surface area (Å²) in [6.45, 7) is 5.22. The molecule has 21 heavy (non-hydrogen) atoms. The Morgan fingerprint density at radius 3 is 2.86 bits per heavy atom. The molecule has 3 unspecified atom stereocenters. The number of aryl methyl sites for hydroxylation is 1. The highest BCUT2D eigenvalue weighted by Gasteiger charge is 2.22. The molecule has 1 aliphatic rings. The summed E-state index contributed by atoms with van der Waals surface area (Å²) >= 11 is 3.53. The van der Waals surface area contributed by atoms with Crippen molar-refractivity contribution in [1.29, 1.82) is 0 Å². The fraction of sp³-hybridized carbons (Fsp3) is 0.647. The Kier molecular flexibility index (Phi) is 6.52. The Morgan fingerprint density at radius 1 is 1.38 bits per heavy atom. The van der Waals surface area contributed by atoms with E-state index < -0.39 is 6.10 Å². The van der Waals surface area contributed by atoms with Gasteiger partial charge in [0.25, 0.3) is 0 Å². The van der Waals surface area contributed by atoms with E-state index >= 15 is 0 Å². The zero-order valence-corrected chi connectivity index (χ0v) is 14.5. The van der Waals surface area contributed by atoms with E-state index in [0.29, 0.717) is 25.2 Å². The Bertz CT molecular complexity index is 452. The van der Waals surface area contributed by atoms with E-state index in [2.05, 4.69) is 47.2 Å². The van der Waals surface area contributed by atoms with Gasteiger partial charge in [0.05, 0.1) is 18.8 Å². The maximum Gasteiger partial charge on any atom is 0.0945 e. The molecule has 1 fully saturated rings. The summed E-state index contributed by atoms with van der Waals surface area (Å²) in [6.07, 6.45) is 4.78. The van der Waals surface area contributed by atoms with Crippen LogP contribution >= 0.6 is 15.9 Å². The first kappa shape index (κ1) is 16.8. The summed E-state index contributed by atoms with van der Waals surface area (Å²) in [5.74, 6) is 0.616. The predicted octanol–water partition coefficient (Wildman–Crippen LogP) is 4.13. The van der Waals surface area contributed by atoms with E-state index in [1.165, 1.54) is 24.8 Å². The van der Waals surface area contributed by atoms with Gasteiger partial charge in [-0.3, -0.25) is 0 Å². The first-order chi connectivity index (χ1) is 10.1. The normalized spacial score (nSPS) is 23.8. The van der Waals surface area contributed by atoms with Crippen LogP contribution in [0.25, 0.3) is 0 Å². The van der Waals surface area contributed by atoms with Gasteiger partial charge >= 0.3 is 0 Å². The van der Waals surface area contributed by atoms with E-state index in [4.69, 9.17) is 4.74 Å². The van der Waals surface area contributed by atoms with Crippen LogP contribution in [0.15, 0.2) is 22.7 Å². The van der Waals surface area contributed by atoms with Crippen molar-refractivity contribution >= 4 is 21.6 Å². The van der Waals surface area contributed by atoms with Gasteiger partial charge in [0.1, 0.15) is 0 Å². The highest BCUT2D eigenvalue weighted by molar-refractivity contribution is 9.10. The van der Waals surface area contributed by atoms with Crippen LogP contribution in [0.2, 0.25) is 0 Å². The average Bonchev–Trinajstić information content (AvgIpc) is 2.45. The lowest BCUT2D eigenvalue weighted by Gasteiger charge is -2.29. The van der Waals surface area contributed by atoms with Gasteiger partial charge < -0.3 is 15.2 Å². The zero-order valence-electron chi connectivity index (χ0n) is 12.9. The Balaban J connectivity index is 1.73. The summed E-state index contributed by atoms with van der Waals surface area (Å²) in [6, 6.07) is 6.14. The Morgan fingerprint density at radius 2 is 2.14 bits per heavy atom. The molecular weight excluding hydrogens is 330 g/mol. The highest BCUT2D eigenvalue weighted by atomic mass is 79.9. The van der Waals surface area contributed by atoms with Crippen molar-refractivity contribution in [1.82, 2.24) is 0 Å². The van der Waals surface area contributed by atoms with E-state index in [1.54, 1.807) is 0 Å². The second-order valence-corrected chi connectivity index (χ2v) is 7.01. The summed E-state index contributed by atoms with van der Waals surface area (Å²) < 4.78 is 6.92. The minimum absolute atomic E-state index is 0.319. The molecule has 1 aliphatic carbocycles. The lowest BCUT2D eigenvalue weighted by atomic mass is 9.88. The van der Waals surface area contributed by atoms with Crippen molar-refractivity contribution in [2.24, 2.45) is 5.92 Å². The van der Waals surface area contributed by atoms with Crippen LogP contribution in [0, 0.1) is 12.8 Å². The standard InChI is InChI=1S/C17H26BrNO2/c1-12-7-8-16(15(18)9-12)19-10-14(20)11-21-17-6-4-3-5-13(17)2/h7-9,13-14,17,19-20H,3-6,10-11H2,1-2H3. The molecule has 0 saturated heterocycles. The maximum absolute atomic E-state index is 10.1. The third kappa shape index (κ3) is 5.28. The van der Waals surface area contributed by atoms with E-state index in [-0.39, 0.29) is 0 Å². The largest absolute Gasteiger partial charge is 0.389 e. The van der Waals surface area contributed by atoms with Crippen molar-refractivity contribution in [2.75, 3.05) is 18.5 Å². The highest BCUT2D eigenvalue weighted by Crippen LogP contribution is 2.26. The molecule has 1 saturated carbocycles. The lowest BCUT2D eigenvalue weighted by molar-refractivity contribution is -0.0424. The van der Waals surface area contributed by atoms with E-state index in [1.807, 2.05) is 6.07 Å². The molecule has 0 heterocycles. The summed E-state index contributed by atoms with van der Waals surface area (Å²) in [7, 11) is 0. The summed E-state index contributed by atoms with van der Waals surface area (Å²) in [4.78, 5) is 0. The van der Waals surface area contributed by atoms with Crippen molar-refractivity contribution in [3.63, 3.8) is 0 Å². The molecule has 0 bridgehead atoms. The number of hydrogen-bond donors (Lipinski definition) is 2. The molecule has 0 amide bonds. The van der Waals surface area contributed by atoms with Gasteiger partial charge in [0, 0.05) is 16.7 Å². The average molecular weight is 356 g/mol. The molecule has 118 valence electrons. The Labute approximate surface area is 136 Å². The lowest BCUT2D eigenvalue weighted by Crippen LogP contribution is -2.32. The number of aliphatic hydroxyl groups is 1. The molecule has 2 N–H and O–H groups in total. The van der Waals surface area contributed by atoms with Crippen LogP contribution in [-0.4, -0.2) is 30.5 Å². The smallest absolute Gasteiger partial charge is 0.0945 e. The van der Waals surface area contributed by atoms with Crippen molar-refractivity contribution < 1.29 is 9.84 Å². The van der Waals surface area contributed by atoms with Crippen molar-refractivity contribution in [2.45, 2.75) is 51.7 Å². The quantitative estimate of drug-likeness (QED) is 0.806. The molecule has 3 atom stereocenters. The fourth-order valence-electron chi connectivity index (χ4n) is 2.81. The summed E-state index contributed by atoms with van der Waals surface area (Å²) in [5, 5.41) is 13.3.